The summed E-state index contributed by atoms with van der Waals surface area (Å²) in [5.41, 5.74) is 6.74. The second-order valence-electron chi connectivity index (χ2n) is 12.6. The van der Waals surface area contributed by atoms with Gasteiger partial charge in [0.25, 0.3) is 0 Å². The van der Waals surface area contributed by atoms with Crippen LogP contribution in [0.3, 0.4) is 0 Å². The molecule has 0 aliphatic carbocycles. The Hall–Kier alpha value is -5.94. The molecule has 2 aromatic heterocycles. The van der Waals surface area contributed by atoms with E-state index in [9.17, 15) is 0 Å². The molecule has 0 aliphatic rings. The van der Waals surface area contributed by atoms with E-state index < -0.39 is 0 Å². The van der Waals surface area contributed by atoms with E-state index in [1.165, 1.54) is 56.8 Å². The minimum atomic E-state index is 1.11. The molecule has 0 amide bonds. The topological polar surface area (TPSA) is 6.48 Å². The number of nitrogens with zero attached hydrogens (tertiary/aromatic N) is 2. The maximum atomic E-state index is 2.48. The Labute approximate surface area is 298 Å². The molecule has 0 unspecified atom stereocenters. The first kappa shape index (κ1) is 29.0. The maximum Gasteiger partial charge on any atom is 0.0717 e. The normalized spacial score (nSPS) is 11.6. The Balaban J connectivity index is 1.34. The smallest absolute Gasteiger partial charge is 0.0717 e. The molecule has 10 aromatic rings. The Morgan fingerprint density at radius 3 is 1.52 bits per heavy atom. The molecule has 50 heavy (non-hydrogen) atoms. The van der Waals surface area contributed by atoms with Gasteiger partial charge in [-0.3, -0.25) is 0 Å². The van der Waals surface area contributed by atoms with Crippen molar-refractivity contribution in [1.29, 1.82) is 0 Å². The summed E-state index contributed by atoms with van der Waals surface area (Å²) in [5, 5.41) is 7.66. The number of fused-ring (bicyclic) bond motifs is 7. The molecule has 0 radical (unpaired) electrons. The lowest BCUT2D eigenvalue weighted by molar-refractivity contribution is 1.24. The molecule has 0 fully saturated rings. The van der Waals surface area contributed by atoms with Gasteiger partial charge in [-0.2, -0.15) is 0 Å². The summed E-state index contributed by atoms with van der Waals surface area (Å²) >= 11 is 3.74. The van der Waals surface area contributed by atoms with Gasteiger partial charge in [0, 0.05) is 52.7 Å². The number of rotatable bonds is 6. The monoisotopic (exact) mass is 674 g/mol. The third-order valence-electron chi connectivity index (χ3n) is 9.58. The fourth-order valence-corrected chi connectivity index (χ4v) is 9.68. The summed E-state index contributed by atoms with van der Waals surface area (Å²) in [6.45, 7) is 0. The molecule has 4 heteroatoms. The van der Waals surface area contributed by atoms with E-state index >= 15 is 0 Å². The summed E-state index contributed by atoms with van der Waals surface area (Å²) < 4.78 is 5.13. The van der Waals surface area contributed by atoms with Gasteiger partial charge in [0.15, 0.2) is 0 Å². The molecule has 0 atom stereocenters. The van der Waals surface area contributed by atoms with Crippen molar-refractivity contribution < 1.29 is 0 Å². The number of thiophene rings is 2. The first-order valence-electron chi connectivity index (χ1n) is 16.8. The van der Waals surface area contributed by atoms with Crippen LogP contribution in [0.25, 0.3) is 51.1 Å². The SMILES string of the molecule is c1ccc(N(c2ccccc2)c2cc3c(cc2N(c2ccccc2)c2cccc4c2sc2ccccc24)sc2cc4ccccc4cc23)cc1. The quantitative estimate of drug-likeness (QED) is 0.173. The van der Waals surface area contributed by atoms with Gasteiger partial charge in [-0.25, -0.2) is 0 Å². The van der Waals surface area contributed by atoms with Gasteiger partial charge in [0.2, 0.25) is 0 Å². The lowest BCUT2D eigenvalue weighted by Gasteiger charge is -2.33. The van der Waals surface area contributed by atoms with Crippen LogP contribution in [-0.2, 0) is 0 Å². The van der Waals surface area contributed by atoms with Crippen molar-refractivity contribution in [3.63, 3.8) is 0 Å². The second-order valence-corrected chi connectivity index (χ2v) is 14.7. The molecule has 0 saturated heterocycles. The summed E-state index contributed by atoms with van der Waals surface area (Å²) in [4.78, 5) is 4.90. The van der Waals surface area contributed by atoms with Crippen LogP contribution in [0.15, 0.2) is 182 Å². The van der Waals surface area contributed by atoms with E-state index in [1.54, 1.807) is 0 Å². The molecule has 2 nitrogen and oxygen atoms in total. The van der Waals surface area contributed by atoms with Crippen molar-refractivity contribution in [2.75, 3.05) is 9.80 Å². The van der Waals surface area contributed by atoms with E-state index in [0.717, 1.165) is 28.4 Å². The summed E-state index contributed by atoms with van der Waals surface area (Å²) in [5.74, 6) is 0. The number of hydrogen-bond donors (Lipinski definition) is 0. The fraction of sp³-hybridized carbons (Fsp3) is 0. The minimum absolute atomic E-state index is 1.11. The zero-order valence-corrected chi connectivity index (χ0v) is 28.7. The van der Waals surface area contributed by atoms with Crippen molar-refractivity contribution in [2.24, 2.45) is 0 Å². The largest absolute Gasteiger partial charge is 0.308 e. The zero-order valence-electron chi connectivity index (χ0n) is 27.0. The third-order valence-corrected chi connectivity index (χ3v) is 11.9. The summed E-state index contributed by atoms with van der Waals surface area (Å²) in [7, 11) is 0. The van der Waals surface area contributed by atoms with Crippen LogP contribution in [0.4, 0.5) is 34.1 Å². The fourth-order valence-electron chi connectivity index (χ4n) is 7.32. The number of para-hydroxylation sites is 3. The molecule has 236 valence electrons. The molecular weight excluding hydrogens is 645 g/mol. The van der Waals surface area contributed by atoms with Gasteiger partial charge in [0.05, 0.1) is 21.8 Å². The molecular formula is C46H30N2S2. The zero-order chi connectivity index (χ0) is 33.0. The minimum Gasteiger partial charge on any atom is -0.308 e. The first-order valence-corrected chi connectivity index (χ1v) is 18.5. The van der Waals surface area contributed by atoms with E-state index in [0.29, 0.717) is 0 Å². The van der Waals surface area contributed by atoms with Crippen molar-refractivity contribution in [3.8, 4) is 0 Å². The third kappa shape index (κ3) is 4.76. The first-order chi connectivity index (χ1) is 24.8. The number of hydrogen-bond acceptors (Lipinski definition) is 4. The molecule has 2 heterocycles. The van der Waals surface area contributed by atoms with Crippen LogP contribution in [-0.4, -0.2) is 0 Å². The standard InChI is InChI=1S/C46H30N2S2/c1-4-17-33(18-5-1)47(34-19-6-2-7-20-34)41-29-39-38-27-31-15-10-11-16-32(31)28-44(38)49-45(39)30-42(41)48(35-21-8-3-9-22-35)40-25-14-24-37-36-23-12-13-26-43(36)50-46(37)40/h1-30H. The molecule has 0 saturated carbocycles. The Bertz CT molecular complexity index is 2780. The predicted molar refractivity (Wildman–Crippen MR) is 219 cm³/mol. The Kier molecular flexibility index (Phi) is 6.90. The lowest BCUT2D eigenvalue weighted by Crippen LogP contribution is -2.17. The average Bonchev–Trinajstić information content (AvgIpc) is 3.73. The summed E-state index contributed by atoms with van der Waals surface area (Å²) in [6, 6.07) is 66.2. The predicted octanol–water partition coefficient (Wildman–Crippen LogP) is 14.5. The maximum absolute atomic E-state index is 2.48. The van der Waals surface area contributed by atoms with E-state index in [2.05, 4.69) is 192 Å². The van der Waals surface area contributed by atoms with E-state index in [-0.39, 0.29) is 0 Å². The van der Waals surface area contributed by atoms with Gasteiger partial charge in [-0.05, 0) is 83.6 Å². The van der Waals surface area contributed by atoms with Crippen molar-refractivity contribution in [3.05, 3.63) is 182 Å². The van der Waals surface area contributed by atoms with Crippen molar-refractivity contribution in [1.82, 2.24) is 0 Å². The summed E-state index contributed by atoms with van der Waals surface area (Å²) in [6.07, 6.45) is 0. The van der Waals surface area contributed by atoms with Gasteiger partial charge in [-0.1, -0.05) is 109 Å². The van der Waals surface area contributed by atoms with Crippen LogP contribution >= 0.6 is 22.7 Å². The van der Waals surface area contributed by atoms with Gasteiger partial charge < -0.3 is 9.80 Å². The van der Waals surface area contributed by atoms with Gasteiger partial charge in [-0.15, -0.1) is 22.7 Å². The van der Waals surface area contributed by atoms with Gasteiger partial charge in [0.1, 0.15) is 0 Å². The van der Waals surface area contributed by atoms with E-state index in [4.69, 9.17) is 0 Å². The number of benzene rings is 8. The lowest BCUT2D eigenvalue weighted by atomic mass is 10.0. The van der Waals surface area contributed by atoms with Crippen molar-refractivity contribution >= 4 is 108 Å². The van der Waals surface area contributed by atoms with Crippen LogP contribution in [0, 0.1) is 0 Å². The van der Waals surface area contributed by atoms with Crippen LogP contribution in [0.2, 0.25) is 0 Å². The van der Waals surface area contributed by atoms with Crippen LogP contribution in [0.5, 0.6) is 0 Å². The van der Waals surface area contributed by atoms with Crippen LogP contribution < -0.4 is 9.80 Å². The molecule has 10 rings (SSSR count). The second kappa shape index (κ2) is 11.9. The Morgan fingerprint density at radius 2 is 0.820 bits per heavy atom. The van der Waals surface area contributed by atoms with Gasteiger partial charge >= 0.3 is 0 Å². The molecule has 0 spiro atoms. The van der Waals surface area contributed by atoms with Crippen molar-refractivity contribution in [2.45, 2.75) is 0 Å². The molecule has 0 bridgehead atoms. The highest BCUT2D eigenvalue weighted by molar-refractivity contribution is 7.26. The molecule has 0 N–H and O–H groups in total. The highest BCUT2D eigenvalue weighted by Gasteiger charge is 2.26. The van der Waals surface area contributed by atoms with E-state index in [1.807, 2.05) is 22.7 Å². The highest BCUT2D eigenvalue weighted by atomic mass is 32.1. The number of anilines is 6. The highest BCUT2D eigenvalue weighted by Crippen LogP contribution is 2.52. The Morgan fingerprint density at radius 1 is 0.300 bits per heavy atom. The average molecular weight is 675 g/mol. The molecule has 8 aromatic carbocycles. The molecule has 0 aliphatic heterocycles. The van der Waals surface area contributed by atoms with Crippen LogP contribution in [0.1, 0.15) is 0 Å².